The van der Waals surface area contributed by atoms with Crippen molar-refractivity contribution in [2.45, 2.75) is 39.2 Å². The Labute approximate surface area is 129 Å². The molecular formula is C16H21BrN2O. The zero-order valence-electron chi connectivity index (χ0n) is 11.8. The molecule has 2 rings (SSSR count). The summed E-state index contributed by atoms with van der Waals surface area (Å²) in [5, 5.41) is 5.67. The van der Waals surface area contributed by atoms with Crippen molar-refractivity contribution in [3.05, 3.63) is 46.1 Å². The fourth-order valence-electron chi connectivity index (χ4n) is 2.51. The van der Waals surface area contributed by atoms with E-state index in [-0.39, 0.29) is 6.03 Å². The topological polar surface area (TPSA) is 41.1 Å². The Morgan fingerprint density at radius 3 is 2.60 bits per heavy atom. The Balaban J connectivity index is 1.74. The van der Waals surface area contributed by atoms with Crippen LogP contribution in [0.4, 0.5) is 4.79 Å². The highest BCUT2D eigenvalue weighted by molar-refractivity contribution is 9.10. The van der Waals surface area contributed by atoms with E-state index in [1.54, 1.807) is 0 Å². The minimum atomic E-state index is -0.148. The highest BCUT2D eigenvalue weighted by Crippen LogP contribution is 2.30. The van der Waals surface area contributed by atoms with Crippen LogP contribution in [0.5, 0.6) is 0 Å². The molecule has 0 atom stereocenters. The van der Waals surface area contributed by atoms with E-state index < -0.39 is 0 Å². The summed E-state index contributed by atoms with van der Waals surface area (Å²) in [6.45, 7) is 2.64. The normalized spacial score (nSPS) is 16.2. The lowest BCUT2D eigenvalue weighted by atomic mass is 10.0. The Morgan fingerprint density at radius 2 is 1.95 bits per heavy atom. The van der Waals surface area contributed by atoms with Gasteiger partial charge in [0.1, 0.15) is 0 Å². The average molecular weight is 337 g/mol. The fraction of sp³-hybridized carbons (Fsp3) is 0.438. The minimum absolute atomic E-state index is 0.148. The maximum absolute atomic E-state index is 11.7. The number of rotatable bonds is 4. The number of urea groups is 1. The highest BCUT2D eigenvalue weighted by Gasteiger charge is 2.16. The van der Waals surface area contributed by atoms with Gasteiger partial charge >= 0.3 is 6.03 Å². The lowest BCUT2D eigenvalue weighted by molar-refractivity contribution is 0.243. The maximum atomic E-state index is 11.7. The number of hydrogen-bond donors (Lipinski definition) is 2. The van der Waals surface area contributed by atoms with Crippen LogP contribution in [0.3, 0.4) is 0 Å². The second-order valence-electron chi connectivity index (χ2n) is 5.32. The molecule has 1 aromatic rings. The molecule has 4 heteroatoms. The molecule has 0 unspecified atom stereocenters. The lowest BCUT2D eigenvalue weighted by Crippen LogP contribution is -2.32. The quantitative estimate of drug-likeness (QED) is 0.843. The summed E-state index contributed by atoms with van der Waals surface area (Å²) in [5.41, 5.74) is 2.36. The van der Waals surface area contributed by atoms with Gasteiger partial charge in [0.05, 0.1) is 0 Å². The molecule has 0 aromatic heterocycles. The van der Waals surface area contributed by atoms with Gasteiger partial charge in [0, 0.05) is 17.2 Å². The summed E-state index contributed by atoms with van der Waals surface area (Å²) in [5.74, 6) is 0.654. The second-order valence-corrected chi connectivity index (χ2v) is 6.24. The van der Waals surface area contributed by atoms with Gasteiger partial charge in [-0.1, -0.05) is 46.5 Å². The van der Waals surface area contributed by atoms with Gasteiger partial charge in [0.25, 0.3) is 0 Å². The van der Waals surface area contributed by atoms with Crippen LogP contribution in [0, 0.1) is 5.92 Å². The predicted octanol–water partition coefficient (Wildman–Crippen LogP) is 4.34. The van der Waals surface area contributed by atoms with Crippen molar-refractivity contribution in [3.8, 4) is 0 Å². The van der Waals surface area contributed by atoms with E-state index in [1.807, 2.05) is 30.5 Å². The molecule has 1 aromatic carbocycles. The lowest BCUT2D eigenvalue weighted by Gasteiger charge is -2.10. The van der Waals surface area contributed by atoms with Crippen molar-refractivity contribution < 1.29 is 4.79 Å². The molecule has 0 bridgehead atoms. The molecular weight excluding hydrogens is 316 g/mol. The average Bonchev–Trinajstić information content (AvgIpc) is 2.98. The van der Waals surface area contributed by atoms with Crippen LogP contribution in [-0.2, 0) is 6.54 Å². The molecule has 1 saturated carbocycles. The molecule has 0 aliphatic heterocycles. The summed E-state index contributed by atoms with van der Waals surface area (Å²) < 4.78 is 1.04. The largest absolute Gasteiger partial charge is 0.334 e. The van der Waals surface area contributed by atoms with Crippen LogP contribution in [-0.4, -0.2) is 6.03 Å². The van der Waals surface area contributed by atoms with Crippen LogP contribution in [0.1, 0.15) is 38.2 Å². The smallest absolute Gasteiger partial charge is 0.319 e. The molecule has 0 heterocycles. The molecule has 3 nitrogen and oxygen atoms in total. The Kier molecular flexibility index (Phi) is 5.65. The second kappa shape index (κ2) is 7.48. The van der Waals surface area contributed by atoms with E-state index >= 15 is 0 Å². The number of allylic oxidation sites excluding steroid dienone is 1. The van der Waals surface area contributed by atoms with Crippen molar-refractivity contribution in [2.75, 3.05) is 0 Å². The summed E-state index contributed by atoms with van der Waals surface area (Å²) in [7, 11) is 0. The zero-order chi connectivity index (χ0) is 14.4. The van der Waals surface area contributed by atoms with Crippen LogP contribution in [0.25, 0.3) is 0 Å². The van der Waals surface area contributed by atoms with Crippen LogP contribution in [0.2, 0.25) is 0 Å². The molecule has 108 valence electrons. The first-order chi connectivity index (χ1) is 9.65. The van der Waals surface area contributed by atoms with Crippen molar-refractivity contribution in [1.82, 2.24) is 10.6 Å². The number of benzene rings is 1. The highest BCUT2D eigenvalue weighted by atomic mass is 79.9. The maximum Gasteiger partial charge on any atom is 0.319 e. The first-order valence-electron chi connectivity index (χ1n) is 7.10. The summed E-state index contributed by atoms with van der Waals surface area (Å²) in [6, 6.07) is 7.77. The Bertz CT molecular complexity index is 476. The monoisotopic (exact) mass is 336 g/mol. The van der Waals surface area contributed by atoms with E-state index in [9.17, 15) is 4.79 Å². The van der Waals surface area contributed by atoms with Crippen molar-refractivity contribution in [2.24, 2.45) is 5.92 Å². The molecule has 1 aliphatic rings. The molecule has 1 fully saturated rings. The SMILES string of the molecule is C/C(=C\NC(=O)NCc1ccc(Br)cc1)C1CCCC1. The molecule has 1 aliphatic carbocycles. The first kappa shape index (κ1) is 15.1. The molecule has 0 spiro atoms. The first-order valence-corrected chi connectivity index (χ1v) is 7.90. The van der Waals surface area contributed by atoms with E-state index in [0.29, 0.717) is 12.5 Å². The molecule has 2 N–H and O–H groups in total. The summed E-state index contributed by atoms with van der Waals surface area (Å²) in [4.78, 5) is 11.7. The molecule has 20 heavy (non-hydrogen) atoms. The summed E-state index contributed by atoms with van der Waals surface area (Å²) >= 11 is 3.39. The fourth-order valence-corrected chi connectivity index (χ4v) is 2.78. The third-order valence-corrected chi connectivity index (χ3v) is 4.33. The third kappa shape index (κ3) is 4.67. The van der Waals surface area contributed by atoms with Gasteiger partial charge in [-0.05, 0) is 43.4 Å². The van der Waals surface area contributed by atoms with Crippen molar-refractivity contribution in [3.63, 3.8) is 0 Å². The van der Waals surface area contributed by atoms with E-state index in [2.05, 4.69) is 33.5 Å². The van der Waals surface area contributed by atoms with Crippen LogP contribution < -0.4 is 10.6 Å². The Hall–Kier alpha value is -1.29. The van der Waals surface area contributed by atoms with Crippen LogP contribution in [0.15, 0.2) is 40.5 Å². The molecule has 2 amide bonds. The number of nitrogens with one attached hydrogen (secondary N) is 2. The van der Waals surface area contributed by atoms with Gasteiger partial charge in [0.2, 0.25) is 0 Å². The number of halogens is 1. The number of amides is 2. The van der Waals surface area contributed by atoms with Gasteiger partial charge in [-0.25, -0.2) is 4.79 Å². The third-order valence-electron chi connectivity index (χ3n) is 3.80. The van der Waals surface area contributed by atoms with Crippen molar-refractivity contribution >= 4 is 22.0 Å². The van der Waals surface area contributed by atoms with Gasteiger partial charge in [-0.15, -0.1) is 0 Å². The van der Waals surface area contributed by atoms with Crippen molar-refractivity contribution in [1.29, 1.82) is 0 Å². The number of carbonyl (C=O) groups is 1. The Morgan fingerprint density at radius 1 is 1.30 bits per heavy atom. The number of hydrogen-bond acceptors (Lipinski definition) is 1. The predicted molar refractivity (Wildman–Crippen MR) is 85.2 cm³/mol. The molecule has 0 saturated heterocycles. The zero-order valence-corrected chi connectivity index (χ0v) is 13.4. The minimum Gasteiger partial charge on any atom is -0.334 e. The van der Waals surface area contributed by atoms with E-state index in [1.165, 1.54) is 31.3 Å². The van der Waals surface area contributed by atoms with Gasteiger partial charge in [0.15, 0.2) is 0 Å². The van der Waals surface area contributed by atoms with E-state index in [0.717, 1.165) is 10.0 Å². The molecule has 0 radical (unpaired) electrons. The number of carbonyl (C=O) groups excluding carboxylic acids is 1. The summed E-state index contributed by atoms with van der Waals surface area (Å²) in [6.07, 6.45) is 6.99. The van der Waals surface area contributed by atoms with Gasteiger partial charge in [-0.2, -0.15) is 0 Å². The van der Waals surface area contributed by atoms with E-state index in [4.69, 9.17) is 0 Å². The van der Waals surface area contributed by atoms with Gasteiger partial charge in [-0.3, -0.25) is 0 Å². The van der Waals surface area contributed by atoms with Gasteiger partial charge < -0.3 is 10.6 Å². The standard InChI is InChI=1S/C16H21BrN2O/c1-12(14-4-2-3-5-14)10-18-16(20)19-11-13-6-8-15(17)9-7-13/h6-10,14H,2-5,11H2,1H3,(H2,18,19,20)/b12-10+. The van der Waals surface area contributed by atoms with Crippen LogP contribution >= 0.6 is 15.9 Å².